The van der Waals surface area contributed by atoms with Gasteiger partial charge in [0.2, 0.25) is 5.69 Å². The first kappa shape index (κ1) is 6.58. The Kier molecular flexibility index (Phi) is 1.64. The molecule has 1 aliphatic rings. The number of hydrogen-bond donors (Lipinski definition) is 0. The lowest BCUT2D eigenvalue weighted by molar-refractivity contribution is 1.39. The van der Waals surface area contributed by atoms with Crippen molar-refractivity contribution in [2.75, 3.05) is 0 Å². The maximum absolute atomic E-state index is 4.07. The van der Waals surface area contributed by atoms with Crippen molar-refractivity contribution in [3.8, 4) is 0 Å². The Morgan fingerprint density at radius 2 is 2.40 bits per heavy atom. The Balaban J connectivity index is 2.60. The number of benzene rings is 1. The van der Waals surface area contributed by atoms with Gasteiger partial charge in [-0.05, 0) is 34.7 Å². The smallest absolute Gasteiger partial charge is 0.0438 e. The van der Waals surface area contributed by atoms with Crippen LogP contribution in [-0.4, -0.2) is 5.55 Å². The molecule has 0 aromatic heterocycles. The van der Waals surface area contributed by atoms with Crippen molar-refractivity contribution in [2.24, 2.45) is 4.99 Å². The molecule has 0 saturated heterocycles. The summed E-state index contributed by atoms with van der Waals surface area (Å²) in [6.07, 6.45) is 0. The van der Waals surface area contributed by atoms with E-state index in [9.17, 15) is 0 Å². The molecule has 1 aliphatic heterocycles. The minimum atomic E-state index is 1.05. The molecular weight excluding hydrogens is 257 g/mol. The zero-order valence-electron chi connectivity index (χ0n) is 4.97. The van der Waals surface area contributed by atoms with Gasteiger partial charge in [0.05, 0.1) is 6.07 Å². The van der Waals surface area contributed by atoms with Gasteiger partial charge in [-0.15, -0.1) is 0 Å². The van der Waals surface area contributed by atoms with Crippen molar-refractivity contribution >= 4 is 45.6 Å². The Morgan fingerprint density at radius 1 is 1.50 bits per heavy atom. The van der Waals surface area contributed by atoms with Crippen molar-refractivity contribution in [3.05, 3.63) is 21.8 Å². The zero-order chi connectivity index (χ0) is 6.97. The number of thioether (sulfide) groups is 1. The van der Waals surface area contributed by atoms with Gasteiger partial charge in [0.15, 0.2) is 4.90 Å². The molecule has 1 aromatic rings. The van der Waals surface area contributed by atoms with Crippen LogP contribution in [0.2, 0.25) is 0 Å². The molecule has 3 heteroatoms. The summed E-state index contributed by atoms with van der Waals surface area (Å²) in [6, 6.07) is 6.21. The minimum Gasteiger partial charge on any atom is -0.0438 e. The second kappa shape index (κ2) is 2.49. The van der Waals surface area contributed by atoms with E-state index in [0.717, 1.165) is 5.69 Å². The Labute approximate surface area is 77.1 Å². The van der Waals surface area contributed by atoms with Gasteiger partial charge < -0.3 is 0 Å². The lowest BCUT2D eigenvalue weighted by Crippen LogP contribution is -1.69. The van der Waals surface area contributed by atoms with Crippen LogP contribution < -0.4 is 0 Å². The third kappa shape index (κ3) is 1.05. The number of halogens is 1. The first-order valence-corrected chi connectivity index (χ1v) is 4.68. The van der Waals surface area contributed by atoms with E-state index in [1.807, 2.05) is 0 Å². The minimum absolute atomic E-state index is 1.05. The van der Waals surface area contributed by atoms with Gasteiger partial charge in [0.25, 0.3) is 5.55 Å². The monoisotopic (exact) mass is 260 g/mol. The van der Waals surface area contributed by atoms with Crippen LogP contribution in [0.3, 0.4) is 0 Å². The Hall–Kier alpha value is -0.120. The molecule has 0 amide bonds. The van der Waals surface area contributed by atoms with Gasteiger partial charge >= 0.3 is 0 Å². The molecule has 0 aliphatic carbocycles. The fraction of sp³-hybridized carbons (Fsp3) is 0. The van der Waals surface area contributed by atoms with Crippen molar-refractivity contribution in [1.29, 1.82) is 0 Å². The van der Waals surface area contributed by atoms with Crippen LogP contribution in [0.15, 0.2) is 28.1 Å². The fourth-order valence-corrected chi connectivity index (χ4v) is 1.85. The summed E-state index contributed by atoms with van der Waals surface area (Å²) in [5, 5.41) is 0. The van der Waals surface area contributed by atoms with E-state index in [-0.39, 0.29) is 0 Å². The lowest BCUT2D eigenvalue weighted by Gasteiger charge is -1.85. The Bertz CT molecular complexity index is 296. The quantitative estimate of drug-likeness (QED) is 0.516. The van der Waals surface area contributed by atoms with E-state index in [1.165, 1.54) is 8.47 Å². The molecule has 0 bridgehead atoms. The van der Waals surface area contributed by atoms with E-state index in [2.05, 4.69) is 51.3 Å². The summed E-state index contributed by atoms with van der Waals surface area (Å²) < 4.78 is 1.23. The van der Waals surface area contributed by atoms with Crippen molar-refractivity contribution < 1.29 is 0 Å². The average Bonchev–Trinajstić information content (AvgIpc) is 2.33. The molecule has 0 fully saturated rings. The van der Waals surface area contributed by atoms with Crippen LogP contribution in [0, 0.1) is 3.57 Å². The summed E-state index contributed by atoms with van der Waals surface area (Å²) in [5.41, 5.74) is 3.91. The number of aliphatic imine (C=N–C) groups is 1. The largest absolute Gasteiger partial charge is 0.272 e. The lowest BCUT2D eigenvalue weighted by atomic mass is 10.3. The molecule has 0 unspecified atom stereocenters. The van der Waals surface area contributed by atoms with Crippen LogP contribution >= 0.6 is 34.4 Å². The molecule has 0 spiro atoms. The summed E-state index contributed by atoms with van der Waals surface area (Å²) in [5.74, 6) is 0. The number of nitrogens with zero attached hydrogens (tertiary/aromatic N) is 1. The maximum atomic E-state index is 4.07. The summed E-state index contributed by atoms with van der Waals surface area (Å²) in [4.78, 5) is 5.28. The first-order chi connectivity index (χ1) is 4.86. The molecule has 1 nitrogen and oxygen atoms in total. The van der Waals surface area contributed by atoms with Gasteiger partial charge in [0, 0.05) is 8.56 Å². The van der Waals surface area contributed by atoms with Gasteiger partial charge in [-0.2, -0.15) is 0 Å². The topological polar surface area (TPSA) is 12.4 Å². The van der Waals surface area contributed by atoms with Gasteiger partial charge in [0.1, 0.15) is 11.8 Å². The molecule has 0 atom stereocenters. The predicted molar refractivity (Wildman–Crippen MR) is 52.1 cm³/mol. The summed E-state index contributed by atoms with van der Waals surface area (Å²) in [7, 11) is 0. The summed E-state index contributed by atoms with van der Waals surface area (Å²) >= 11 is 3.83. The first-order valence-electron chi connectivity index (χ1n) is 2.78. The van der Waals surface area contributed by atoms with Gasteiger partial charge in [-0.25, -0.2) is 0 Å². The van der Waals surface area contributed by atoms with E-state index in [1.54, 1.807) is 11.8 Å². The molecule has 0 saturated carbocycles. The van der Waals surface area contributed by atoms with Crippen molar-refractivity contribution in [2.45, 2.75) is 4.90 Å². The van der Waals surface area contributed by atoms with E-state index < -0.39 is 0 Å². The van der Waals surface area contributed by atoms with Gasteiger partial charge in [-0.3, -0.25) is 0 Å². The highest BCUT2D eigenvalue weighted by molar-refractivity contribution is 14.1. The number of hydrogen-bond acceptors (Lipinski definition) is 2. The maximum Gasteiger partial charge on any atom is 0.272 e. The SMILES string of the molecule is Ic1ccc2c(c1)N=[C+]S2. The van der Waals surface area contributed by atoms with E-state index in [4.69, 9.17) is 0 Å². The average molecular weight is 260 g/mol. The van der Waals surface area contributed by atoms with Gasteiger partial charge in [-0.1, -0.05) is 0 Å². The fourth-order valence-electron chi connectivity index (χ4n) is 0.785. The molecule has 1 aromatic carbocycles. The third-order valence-corrected chi connectivity index (χ3v) is 2.66. The van der Waals surface area contributed by atoms with Crippen LogP contribution in [0.4, 0.5) is 5.69 Å². The second-order valence-electron chi connectivity index (χ2n) is 1.92. The van der Waals surface area contributed by atoms with Crippen molar-refractivity contribution in [3.63, 3.8) is 0 Å². The molecule has 48 valence electrons. The third-order valence-electron chi connectivity index (χ3n) is 1.24. The molecule has 0 N–H and O–H groups in total. The zero-order valence-corrected chi connectivity index (χ0v) is 7.94. The normalized spacial score (nSPS) is 12.9. The highest BCUT2D eigenvalue weighted by Gasteiger charge is 2.19. The van der Waals surface area contributed by atoms with Crippen molar-refractivity contribution in [1.82, 2.24) is 0 Å². The number of fused-ring (bicyclic) bond motifs is 1. The Morgan fingerprint density at radius 3 is 3.30 bits per heavy atom. The van der Waals surface area contributed by atoms with Crippen LogP contribution in [0.25, 0.3) is 0 Å². The second-order valence-corrected chi connectivity index (χ2v) is 3.99. The van der Waals surface area contributed by atoms with E-state index >= 15 is 0 Å². The highest BCUT2D eigenvalue weighted by atomic mass is 127. The van der Waals surface area contributed by atoms with E-state index in [0.29, 0.717) is 0 Å². The number of rotatable bonds is 0. The highest BCUT2D eigenvalue weighted by Crippen LogP contribution is 2.34. The molecule has 1 heterocycles. The molecule has 2 rings (SSSR count). The van der Waals surface area contributed by atoms with Crippen LogP contribution in [0.5, 0.6) is 0 Å². The summed E-state index contributed by atoms with van der Waals surface area (Å²) in [6.45, 7) is 0. The predicted octanol–water partition coefficient (Wildman–Crippen LogP) is 2.93. The van der Waals surface area contributed by atoms with Crippen LogP contribution in [-0.2, 0) is 0 Å². The molecule has 0 radical (unpaired) electrons. The van der Waals surface area contributed by atoms with Crippen LogP contribution in [0.1, 0.15) is 0 Å². The standard InChI is InChI=1S/C7H3INS/c8-5-1-2-7-6(3-5)9-4-10-7/h1-3H/q+1. The molecule has 10 heavy (non-hydrogen) atoms. The molecular formula is C7H3INS+.